The minimum Gasteiger partial charge on any atom is -0.392 e. The van der Waals surface area contributed by atoms with Gasteiger partial charge in [0.05, 0.1) is 11.0 Å². The van der Waals surface area contributed by atoms with Gasteiger partial charge in [0.15, 0.2) is 0 Å². The summed E-state index contributed by atoms with van der Waals surface area (Å²) < 4.78 is 26.3. The van der Waals surface area contributed by atoms with E-state index in [4.69, 9.17) is 0 Å². The molecule has 1 aliphatic heterocycles. The molecular formula is C10H12BrNO3S. The monoisotopic (exact) mass is 305 g/mol. The van der Waals surface area contributed by atoms with E-state index in [9.17, 15) is 13.5 Å². The number of aliphatic hydroxyl groups excluding tert-OH is 1. The lowest BCUT2D eigenvalue weighted by molar-refractivity contribution is 0.189. The maximum absolute atomic E-state index is 12.1. The topological polar surface area (TPSA) is 57.6 Å². The molecule has 4 nitrogen and oxygen atoms in total. The van der Waals surface area contributed by atoms with E-state index in [1.165, 1.54) is 4.31 Å². The maximum Gasteiger partial charge on any atom is 0.243 e. The summed E-state index contributed by atoms with van der Waals surface area (Å²) in [5.74, 6) is 0. The Kier molecular flexibility index (Phi) is 3.34. The van der Waals surface area contributed by atoms with Crippen LogP contribution in [-0.2, 0) is 10.0 Å². The number of nitrogens with zero attached hydrogens (tertiary/aromatic N) is 1. The molecule has 1 atom stereocenters. The Bertz CT molecular complexity index is 489. The number of hydrogen-bond acceptors (Lipinski definition) is 3. The van der Waals surface area contributed by atoms with Crippen molar-refractivity contribution in [3.8, 4) is 0 Å². The average Bonchev–Trinajstić information content (AvgIpc) is 2.65. The SMILES string of the molecule is O=S(=O)(c1cccc(Br)c1)N1CC[C@H](O)C1. The second-order valence-corrected chi connectivity index (χ2v) is 6.62. The highest BCUT2D eigenvalue weighted by Gasteiger charge is 2.31. The molecule has 1 N–H and O–H groups in total. The van der Waals surface area contributed by atoms with E-state index >= 15 is 0 Å². The first-order valence-corrected chi connectivity index (χ1v) is 7.17. The van der Waals surface area contributed by atoms with Crippen LogP contribution < -0.4 is 0 Å². The average molecular weight is 306 g/mol. The molecular weight excluding hydrogens is 294 g/mol. The number of sulfonamides is 1. The quantitative estimate of drug-likeness (QED) is 0.893. The highest BCUT2D eigenvalue weighted by molar-refractivity contribution is 9.10. The zero-order chi connectivity index (χ0) is 11.8. The molecule has 0 spiro atoms. The minimum atomic E-state index is -3.45. The fraction of sp³-hybridized carbons (Fsp3) is 0.400. The van der Waals surface area contributed by atoms with Gasteiger partial charge in [0.1, 0.15) is 0 Å². The fourth-order valence-electron chi connectivity index (χ4n) is 1.71. The van der Waals surface area contributed by atoms with Crippen LogP contribution in [0.4, 0.5) is 0 Å². The molecule has 1 fully saturated rings. The van der Waals surface area contributed by atoms with Crippen molar-refractivity contribution < 1.29 is 13.5 Å². The number of hydrogen-bond donors (Lipinski definition) is 1. The Morgan fingerprint density at radius 2 is 2.19 bits per heavy atom. The molecule has 1 aromatic carbocycles. The Labute approximate surface area is 103 Å². The van der Waals surface area contributed by atoms with E-state index in [0.29, 0.717) is 13.0 Å². The molecule has 2 rings (SSSR count). The first kappa shape index (κ1) is 12.0. The van der Waals surface area contributed by atoms with Gasteiger partial charge in [-0.2, -0.15) is 4.31 Å². The summed E-state index contributed by atoms with van der Waals surface area (Å²) >= 11 is 3.24. The summed E-state index contributed by atoms with van der Waals surface area (Å²) in [5, 5.41) is 9.35. The molecule has 0 bridgehead atoms. The molecule has 88 valence electrons. The van der Waals surface area contributed by atoms with Crippen molar-refractivity contribution >= 4 is 26.0 Å². The van der Waals surface area contributed by atoms with E-state index < -0.39 is 16.1 Å². The summed E-state index contributed by atoms with van der Waals surface area (Å²) in [7, 11) is -3.45. The van der Waals surface area contributed by atoms with E-state index in [1.807, 2.05) is 0 Å². The van der Waals surface area contributed by atoms with Gasteiger partial charge in [0, 0.05) is 17.6 Å². The van der Waals surface area contributed by atoms with Crippen molar-refractivity contribution in [2.45, 2.75) is 17.4 Å². The van der Waals surface area contributed by atoms with Crippen LogP contribution in [0.25, 0.3) is 0 Å². The van der Waals surface area contributed by atoms with Crippen LogP contribution in [0, 0.1) is 0 Å². The van der Waals surface area contributed by atoms with E-state index in [1.54, 1.807) is 24.3 Å². The Morgan fingerprint density at radius 1 is 1.44 bits per heavy atom. The van der Waals surface area contributed by atoms with Gasteiger partial charge in [0.25, 0.3) is 0 Å². The molecule has 1 saturated heterocycles. The normalized spacial score (nSPS) is 22.5. The molecule has 0 saturated carbocycles. The number of halogens is 1. The van der Waals surface area contributed by atoms with Crippen LogP contribution >= 0.6 is 15.9 Å². The zero-order valence-corrected chi connectivity index (χ0v) is 10.9. The Balaban J connectivity index is 2.32. The molecule has 0 amide bonds. The van der Waals surface area contributed by atoms with Crippen LogP contribution in [-0.4, -0.2) is 37.0 Å². The smallest absolute Gasteiger partial charge is 0.243 e. The molecule has 1 heterocycles. The van der Waals surface area contributed by atoms with Crippen LogP contribution in [0.2, 0.25) is 0 Å². The number of rotatable bonds is 2. The third kappa shape index (κ3) is 2.29. The third-order valence-corrected chi connectivity index (χ3v) is 4.91. The summed E-state index contributed by atoms with van der Waals surface area (Å²) in [6.45, 7) is 0.574. The summed E-state index contributed by atoms with van der Waals surface area (Å²) in [6, 6.07) is 6.59. The standard InChI is InChI=1S/C10H12BrNO3S/c11-8-2-1-3-10(6-8)16(14,15)12-5-4-9(13)7-12/h1-3,6,9,13H,4-5,7H2/t9-/m0/s1. The third-order valence-electron chi connectivity index (χ3n) is 2.56. The lowest BCUT2D eigenvalue weighted by Crippen LogP contribution is -2.29. The van der Waals surface area contributed by atoms with Crippen molar-refractivity contribution in [1.29, 1.82) is 0 Å². The van der Waals surface area contributed by atoms with Gasteiger partial charge in [-0.25, -0.2) is 8.42 Å². The molecule has 0 aliphatic carbocycles. The molecule has 1 aliphatic rings. The zero-order valence-electron chi connectivity index (χ0n) is 8.51. The predicted octanol–water partition coefficient (Wildman–Crippen LogP) is 1.20. The van der Waals surface area contributed by atoms with Crippen LogP contribution in [0.3, 0.4) is 0 Å². The lowest BCUT2D eigenvalue weighted by Gasteiger charge is -2.15. The highest BCUT2D eigenvalue weighted by atomic mass is 79.9. The van der Waals surface area contributed by atoms with Gasteiger partial charge in [-0.05, 0) is 24.6 Å². The van der Waals surface area contributed by atoms with Gasteiger partial charge in [-0.15, -0.1) is 0 Å². The molecule has 0 radical (unpaired) electrons. The van der Waals surface area contributed by atoms with Gasteiger partial charge in [0.2, 0.25) is 10.0 Å². The number of β-amino-alcohol motifs (C(OH)–C–C–N with tert-alkyl or cyclic N) is 1. The molecule has 0 aromatic heterocycles. The van der Waals surface area contributed by atoms with E-state index in [2.05, 4.69) is 15.9 Å². The maximum atomic E-state index is 12.1. The lowest BCUT2D eigenvalue weighted by atomic mass is 10.3. The molecule has 0 unspecified atom stereocenters. The van der Waals surface area contributed by atoms with Gasteiger partial charge < -0.3 is 5.11 Å². The van der Waals surface area contributed by atoms with Crippen molar-refractivity contribution in [3.63, 3.8) is 0 Å². The molecule has 6 heteroatoms. The van der Waals surface area contributed by atoms with E-state index in [0.717, 1.165) is 4.47 Å². The second-order valence-electron chi connectivity index (χ2n) is 3.76. The number of benzene rings is 1. The van der Waals surface area contributed by atoms with Crippen molar-refractivity contribution in [3.05, 3.63) is 28.7 Å². The highest BCUT2D eigenvalue weighted by Crippen LogP contribution is 2.23. The van der Waals surface area contributed by atoms with Gasteiger partial charge >= 0.3 is 0 Å². The summed E-state index contributed by atoms with van der Waals surface area (Å²) in [4.78, 5) is 0.260. The fourth-order valence-corrected chi connectivity index (χ4v) is 3.79. The van der Waals surface area contributed by atoms with Crippen LogP contribution in [0.5, 0.6) is 0 Å². The second kappa shape index (κ2) is 4.44. The van der Waals surface area contributed by atoms with Gasteiger partial charge in [-0.3, -0.25) is 0 Å². The first-order valence-electron chi connectivity index (χ1n) is 4.94. The Hall–Kier alpha value is -0.430. The largest absolute Gasteiger partial charge is 0.392 e. The van der Waals surface area contributed by atoms with E-state index in [-0.39, 0.29) is 11.4 Å². The molecule has 16 heavy (non-hydrogen) atoms. The number of aliphatic hydroxyl groups is 1. The van der Waals surface area contributed by atoms with Crippen molar-refractivity contribution in [2.75, 3.05) is 13.1 Å². The van der Waals surface area contributed by atoms with Crippen LogP contribution in [0.15, 0.2) is 33.6 Å². The first-order chi connectivity index (χ1) is 7.50. The predicted molar refractivity (Wildman–Crippen MR) is 63.5 cm³/mol. The van der Waals surface area contributed by atoms with Gasteiger partial charge in [-0.1, -0.05) is 22.0 Å². The Morgan fingerprint density at radius 3 is 2.75 bits per heavy atom. The summed E-state index contributed by atoms with van der Waals surface area (Å²) in [6.07, 6.45) is -0.0327. The van der Waals surface area contributed by atoms with Crippen LogP contribution in [0.1, 0.15) is 6.42 Å². The molecule has 1 aromatic rings. The minimum absolute atomic E-state index is 0.189. The summed E-state index contributed by atoms with van der Waals surface area (Å²) in [5.41, 5.74) is 0. The van der Waals surface area contributed by atoms with Crippen molar-refractivity contribution in [2.24, 2.45) is 0 Å². The van der Waals surface area contributed by atoms with Crippen molar-refractivity contribution in [1.82, 2.24) is 4.31 Å².